The van der Waals surface area contributed by atoms with Gasteiger partial charge in [-0.3, -0.25) is 4.79 Å². The number of hydrogen-bond acceptors (Lipinski definition) is 3. The van der Waals surface area contributed by atoms with Gasteiger partial charge in [0.05, 0.1) is 12.8 Å². The summed E-state index contributed by atoms with van der Waals surface area (Å²) in [5, 5.41) is 2.11. The number of carbonyl (C=O) groups is 1. The number of piperidine rings is 2. The van der Waals surface area contributed by atoms with Crippen LogP contribution in [-0.4, -0.2) is 35.0 Å². The topological polar surface area (TPSA) is 42.4 Å². The van der Waals surface area contributed by atoms with Crippen molar-refractivity contribution in [3.05, 3.63) is 72.2 Å². The molecular formula is C24H23FN2O2. The number of hydrogen-bond donors (Lipinski definition) is 0. The number of halogens is 1. The minimum atomic E-state index is -0.364. The van der Waals surface area contributed by atoms with Crippen molar-refractivity contribution in [3.8, 4) is 5.88 Å². The molecule has 2 aliphatic heterocycles. The van der Waals surface area contributed by atoms with Crippen molar-refractivity contribution in [2.45, 2.75) is 25.3 Å². The van der Waals surface area contributed by atoms with E-state index in [1.54, 1.807) is 6.07 Å². The van der Waals surface area contributed by atoms with Crippen molar-refractivity contribution in [2.24, 2.45) is 11.8 Å². The lowest BCUT2D eigenvalue weighted by atomic mass is 9.72. The van der Waals surface area contributed by atoms with Gasteiger partial charge < -0.3 is 9.64 Å². The standard InChI is InChI=1S/C24H23FN2O2/c25-19-9-11-23(26-13-19)29-15-18-12-20-10-8-17(18)14-27(20)24(28)22-7-3-5-16-4-1-2-6-21(16)22/h1-7,9,11,13,17-18,20H,8,10,12,14-15H2. The summed E-state index contributed by atoms with van der Waals surface area (Å²) < 4.78 is 18.8. The Morgan fingerprint density at radius 1 is 1.10 bits per heavy atom. The normalized spacial score (nSPS) is 23.3. The average molecular weight is 390 g/mol. The molecule has 3 aliphatic rings. The van der Waals surface area contributed by atoms with Crippen molar-refractivity contribution in [1.29, 1.82) is 0 Å². The van der Waals surface area contributed by atoms with Crippen LogP contribution in [0.5, 0.6) is 5.88 Å². The second-order valence-electron chi connectivity index (χ2n) is 8.10. The first-order chi connectivity index (χ1) is 14.2. The third-order valence-corrected chi connectivity index (χ3v) is 6.41. The molecule has 2 saturated heterocycles. The number of aromatic nitrogens is 1. The zero-order valence-corrected chi connectivity index (χ0v) is 16.1. The maximum absolute atomic E-state index is 13.4. The van der Waals surface area contributed by atoms with Gasteiger partial charge in [0.1, 0.15) is 5.82 Å². The molecule has 0 radical (unpaired) electrons. The quantitative estimate of drug-likeness (QED) is 0.649. The van der Waals surface area contributed by atoms with Gasteiger partial charge in [-0.05, 0) is 54.0 Å². The molecule has 0 spiro atoms. The smallest absolute Gasteiger partial charge is 0.254 e. The van der Waals surface area contributed by atoms with Gasteiger partial charge in [0.25, 0.3) is 5.91 Å². The summed E-state index contributed by atoms with van der Waals surface area (Å²) in [6.45, 7) is 1.34. The molecular weight excluding hydrogens is 367 g/mol. The van der Waals surface area contributed by atoms with E-state index in [-0.39, 0.29) is 17.8 Å². The van der Waals surface area contributed by atoms with Crippen LogP contribution in [0.25, 0.3) is 10.8 Å². The Kier molecular flexibility index (Phi) is 4.66. The average Bonchev–Trinajstić information content (AvgIpc) is 2.78. The monoisotopic (exact) mass is 390 g/mol. The fourth-order valence-corrected chi connectivity index (χ4v) is 4.89. The molecule has 5 heteroatoms. The molecule has 2 aromatic carbocycles. The first kappa shape index (κ1) is 18.1. The van der Waals surface area contributed by atoms with E-state index in [1.165, 1.54) is 12.3 Å². The zero-order chi connectivity index (χ0) is 19.8. The SMILES string of the molecule is O=C(c1cccc2ccccc12)N1CC2CCC1CC2COc1ccc(F)cn1. The Labute approximate surface area is 169 Å². The number of rotatable bonds is 4. The predicted molar refractivity (Wildman–Crippen MR) is 109 cm³/mol. The van der Waals surface area contributed by atoms with E-state index in [2.05, 4.69) is 9.88 Å². The minimum absolute atomic E-state index is 0.135. The van der Waals surface area contributed by atoms with E-state index in [4.69, 9.17) is 4.74 Å². The Morgan fingerprint density at radius 2 is 1.97 bits per heavy atom. The molecule has 1 amide bonds. The van der Waals surface area contributed by atoms with Crippen LogP contribution < -0.4 is 4.74 Å². The molecule has 6 rings (SSSR count). The number of benzene rings is 2. The number of pyridine rings is 1. The van der Waals surface area contributed by atoms with Crippen molar-refractivity contribution in [3.63, 3.8) is 0 Å². The number of amides is 1. The number of ether oxygens (including phenoxy) is 1. The fraction of sp³-hybridized carbons (Fsp3) is 0.333. The highest BCUT2D eigenvalue weighted by Gasteiger charge is 2.42. The summed E-state index contributed by atoms with van der Waals surface area (Å²) >= 11 is 0. The summed E-state index contributed by atoms with van der Waals surface area (Å²) in [6.07, 6.45) is 4.29. The van der Waals surface area contributed by atoms with Gasteiger partial charge in [-0.2, -0.15) is 0 Å². The van der Waals surface area contributed by atoms with Gasteiger partial charge in [-0.1, -0.05) is 36.4 Å². The highest BCUT2D eigenvalue weighted by atomic mass is 19.1. The van der Waals surface area contributed by atoms with Gasteiger partial charge >= 0.3 is 0 Å². The van der Waals surface area contributed by atoms with E-state index < -0.39 is 0 Å². The zero-order valence-electron chi connectivity index (χ0n) is 16.1. The van der Waals surface area contributed by atoms with Crippen molar-refractivity contribution in [2.75, 3.05) is 13.2 Å². The molecule has 2 bridgehead atoms. The molecule has 1 aliphatic carbocycles. The van der Waals surface area contributed by atoms with Crippen molar-refractivity contribution >= 4 is 16.7 Å². The van der Waals surface area contributed by atoms with Crippen LogP contribution in [0, 0.1) is 17.7 Å². The van der Waals surface area contributed by atoms with Gasteiger partial charge in [0.15, 0.2) is 0 Å². The molecule has 1 saturated carbocycles. The highest BCUT2D eigenvalue weighted by molar-refractivity contribution is 6.07. The van der Waals surface area contributed by atoms with Crippen LogP contribution in [-0.2, 0) is 0 Å². The highest BCUT2D eigenvalue weighted by Crippen LogP contribution is 2.40. The van der Waals surface area contributed by atoms with Crippen LogP contribution in [0.15, 0.2) is 60.8 Å². The number of nitrogens with zero attached hydrogens (tertiary/aromatic N) is 2. The van der Waals surface area contributed by atoms with Crippen LogP contribution in [0.1, 0.15) is 29.6 Å². The maximum atomic E-state index is 13.4. The molecule has 1 aromatic heterocycles. The Bertz CT molecular complexity index is 1030. The van der Waals surface area contributed by atoms with Crippen molar-refractivity contribution < 1.29 is 13.9 Å². The summed E-state index contributed by atoms with van der Waals surface area (Å²) in [5.41, 5.74) is 0.791. The summed E-state index contributed by atoms with van der Waals surface area (Å²) in [5.74, 6) is 1.06. The van der Waals surface area contributed by atoms with E-state index in [0.29, 0.717) is 24.3 Å². The molecule has 0 N–H and O–H groups in total. The van der Waals surface area contributed by atoms with Gasteiger partial charge in [-0.25, -0.2) is 9.37 Å². The second-order valence-corrected chi connectivity index (χ2v) is 8.10. The molecule has 4 nitrogen and oxygen atoms in total. The molecule has 29 heavy (non-hydrogen) atoms. The summed E-state index contributed by atoms with van der Waals surface area (Å²) in [7, 11) is 0. The van der Waals surface area contributed by atoms with E-state index in [1.807, 2.05) is 42.5 Å². The first-order valence-corrected chi connectivity index (χ1v) is 10.2. The molecule has 3 atom stereocenters. The third kappa shape index (κ3) is 3.46. The van der Waals surface area contributed by atoms with Crippen LogP contribution in [0.3, 0.4) is 0 Å². The lowest BCUT2D eigenvalue weighted by Gasteiger charge is -2.49. The summed E-state index contributed by atoms with van der Waals surface area (Å²) in [6, 6.07) is 17.2. The lowest BCUT2D eigenvalue weighted by Crippen LogP contribution is -2.55. The van der Waals surface area contributed by atoms with E-state index in [9.17, 15) is 9.18 Å². The summed E-state index contributed by atoms with van der Waals surface area (Å²) in [4.78, 5) is 19.4. The minimum Gasteiger partial charge on any atom is -0.477 e. The van der Waals surface area contributed by atoms with Crippen LogP contribution in [0.4, 0.5) is 4.39 Å². The Hall–Kier alpha value is -2.95. The molecule has 148 valence electrons. The second kappa shape index (κ2) is 7.47. The number of carbonyl (C=O) groups excluding carboxylic acids is 1. The van der Waals surface area contributed by atoms with E-state index in [0.717, 1.165) is 42.1 Å². The fourth-order valence-electron chi connectivity index (χ4n) is 4.89. The number of fused-ring (bicyclic) bond motifs is 4. The molecule has 3 heterocycles. The predicted octanol–water partition coefficient (Wildman–Crippen LogP) is 4.69. The Morgan fingerprint density at radius 3 is 2.76 bits per heavy atom. The van der Waals surface area contributed by atoms with Crippen LogP contribution in [0.2, 0.25) is 0 Å². The van der Waals surface area contributed by atoms with Gasteiger partial charge in [-0.15, -0.1) is 0 Å². The van der Waals surface area contributed by atoms with Crippen molar-refractivity contribution in [1.82, 2.24) is 9.88 Å². The van der Waals surface area contributed by atoms with Crippen LogP contribution >= 0.6 is 0 Å². The molecule has 3 fully saturated rings. The van der Waals surface area contributed by atoms with E-state index >= 15 is 0 Å². The Balaban J connectivity index is 1.29. The largest absolute Gasteiger partial charge is 0.477 e. The molecule has 3 aromatic rings. The first-order valence-electron chi connectivity index (χ1n) is 10.2. The lowest BCUT2D eigenvalue weighted by molar-refractivity contribution is -0.00462. The molecule has 3 unspecified atom stereocenters. The van der Waals surface area contributed by atoms with Gasteiger partial charge in [0, 0.05) is 24.2 Å². The van der Waals surface area contributed by atoms with Gasteiger partial charge in [0.2, 0.25) is 5.88 Å². The maximum Gasteiger partial charge on any atom is 0.254 e. The third-order valence-electron chi connectivity index (χ3n) is 6.41.